The lowest BCUT2D eigenvalue weighted by Gasteiger charge is -2.12. The number of hydrogen-bond donors (Lipinski definition) is 0. The van der Waals surface area contributed by atoms with Crippen LogP contribution >= 0.6 is 0 Å². The minimum Gasteiger partial charge on any atom is -0.494 e. The topological polar surface area (TPSA) is 44.8 Å². The molecule has 3 aromatic carbocycles. The fraction of sp³-hybridized carbons (Fsp3) is 0.269. The van der Waals surface area contributed by atoms with Crippen molar-refractivity contribution in [2.24, 2.45) is 0 Å². The lowest BCUT2D eigenvalue weighted by Crippen LogP contribution is -2.08. The van der Waals surface area contributed by atoms with Crippen molar-refractivity contribution >= 4 is 5.97 Å². The van der Waals surface area contributed by atoms with E-state index in [1.165, 1.54) is 0 Å². The Kier molecular flexibility index (Phi) is 7.63. The lowest BCUT2D eigenvalue weighted by atomic mass is 10.0. The second-order valence-corrected chi connectivity index (χ2v) is 7.01. The van der Waals surface area contributed by atoms with Crippen molar-refractivity contribution < 1.29 is 19.0 Å². The molecule has 0 aliphatic carbocycles. The summed E-state index contributed by atoms with van der Waals surface area (Å²) < 4.78 is 16.6. The van der Waals surface area contributed by atoms with E-state index in [4.69, 9.17) is 14.2 Å². The normalized spacial score (nSPS) is 11.7. The molecule has 0 heterocycles. The van der Waals surface area contributed by atoms with Gasteiger partial charge in [0, 0.05) is 6.61 Å². The van der Waals surface area contributed by atoms with Crippen molar-refractivity contribution in [1.82, 2.24) is 0 Å². The third-order valence-corrected chi connectivity index (χ3v) is 4.76. The Balaban J connectivity index is 1.62. The molecule has 4 nitrogen and oxygen atoms in total. The molecule has 156 valence electrons. The first-order valence-corrected chi connectivity index (χ1v) is 10.4. The molecule has 30 heavy (non-hydrogen) atoms. The first kappa shape index (κ1) is 21.6. The number of carbonyl (C=O) groups is 1. The summed E-state index contributed by atoms with van der Waals surface area (Å²) in [6.07, 6.45) is 1.02. The van der Waals surface area contributed by atoms with Gasteiger partial charge in [0.2, 0.25) is 0 Å². The highest BCUT2D eigenvalue weighted by atomic mass is 16.5. The molecule has 1 unspecified atom stereocenters. The van der Waals surface area contributed by atoms with Gasteiger partial charge < -0.3 is 14.2 Å². The van der Waals surface area contributed by atoms with E-state index in [-0.39, 0.29) is 12.1 Å². The van der Waals surface area contributed by atoms with Gasteiger partial charge in [-0.1, -0.05) is 43.3 Å². The number of benzene rings is 3. The van der Waals surface area contributed by atoms with Crippen LogP contribution in [0.4, 0.5) is 0 Å². The van der Waals surface area contributed by atoms with Crippen LogP contribution in [0.15, 0.2) is 72.8 Å². The third kappa shape index (κ3) is 5.71. The minimum absolute atomic E-state index is 0.0773. The molecule has 0 fully saturated rings. The predicted molar refractivity (Wildman–Crippen MR) is 119 cm³/mol. The van der Waals surface area contributed by atoms with Gasteiger partial charge in [-0.05, 0) is 73.4 Å². The molecule has 0 N–H and O–H groups in total. The highest BCUT2D eigenvalue weighted by Crippen LogP contribution is 2.24. The van der Waals surface area contributed by atoms with E-state index in [0.717, 1.165) is 28.9 Å². The van der Waals surface area contributed by atoms with Gasteiger partial charge in [-0.2, -0.15) is 0 Å². The van der Waals surface area contributed by atoms with Crippen LogP contribution in [-0.2, 0) is 4.74 Å². The van der Waals surface area contributed by atoms with E-state index < -0.39 is 0 Å². The smallest absolute Gasteiger partial charge is 0.343 e. The number of hydrogen-bond acceptors (Lipinski definition) is 4. The van der Waals surface area contributed by atoms with Gasteiger partial charge in [-0.3, -0.25) is 0 Å². The summed E-state index contributed by atoms with van der Waals surface area (Å²) in [6.45, 7) is 7.45. The summed E-state index contributed by atoms with van der Waals surface area (Å²) in [5, 5.41) is 0. The largest absolute Gasteiger partial charge is 0.494 e. The standard InChI is InChI=1S/C26H28O4/c1-4-18-29-24-14-16-25(17-15-24)30-26(27)23-12-10-22(11-13-23)21-8-6-20(7-9-21)19(3)28-5-2/h6-17,19H,4-5,18H2,1-3H3. The van der Waals surface area contributed by atoms with Gasteiger partial charge in [0.1, 0.15) is 11.5 Å². The van der Waals surface area contributed by atoms with Crippen LogP contribution < -0.4 is 9.47 Å². The fourth-order valence-electron chi connectivity index (χ4n) is 3.08. The van der Waals surface area contributed by atoms with Crippen molar-refractivity contribution in [3.63, 3.8) is 0 Å². The van der Waals surface area contributed by atoms with E-state index in [9.17, 15) is 4.79 Å². The maximum atomic E-state index is 12.4. The zero-order valence-electron chi connectivity index (χ0n) is 17.8. The summed E-state index contributed by atoms with van der Waals surface area (Å²) >= 11 is 0. The average molecular weight is 405 g/mol. The molecule has 0 aromatic heterocycles. The van der Waals surface area contributed by atoms with Crippen LogP contribution in [-0.4, -0.2) is 19.2 Å². The maximum Gasteiger partial charge on any atom is 0.343 e. The summed E-state index contributed by atoms with van der Waals surface area (Å²) in [7, 11) is 0. The molecule has 0 bridgehead atoms. The Morgan fingerprint density at radius 2 is 1.37 bits per heavy atom. The van der Waals surface area contributed by atoms with E-state index in [2.05, 4.69) is 31.2 Å². The number of esters is 1. The van der Waals surface area contributed by atoms with E-state index in [0.29, 0.717) is 24.5 Å². The predicted octanol–water partition coefficient (Wildman–Crippen LogP) is 6.46. The lowest BCUT2D eigenvalue weighted by molar-refractivity contribution is 0.0734. The fourth-order valence-corrected chi connectivity index (χ4v) is 3.08. The monoisotopic (exact) mass is 404 g/mol. The highest BCUT2D eigenvalue weighted by molar-refractivity contribution is 5.91. The second kappa shape index (κ2) is 10.6. The molecule has 0 saturated heterocycles. The van der Waals surface area contributed by atoms with Crippen molar-refractivity contribution in [3.05, 3.63) is 83.9 Å². The Morgan fingerprint density at radius 1 is 0.800 bits per heavy atom. The highest BCUT2D eigenvalue weighted by Gasteiger charge is 2.10. The molecule has 3 aromatic rings. The Labute approximate surface area is 178 Å². The van der Waals surface area contributed by atoms with Crippen molar-refractivity contribution in [2.75, 3.05) is 13.2 Å². The summed E-state index contributed by atoms with van der Waals surface area (Å²) in [4.78, 5) is 12.4. The molecule has 0 amide bonds. The number of rotatable bonds is 9. The van der Waals surface area contributed by atoms with Crippen molar-refractivity contribution in [1.29, 1.82) is 0 Å². The van der Waals surface area contributed by atoms with Gasteiger partial charge in [0.25, 0.3) is 0 Å². The van der Waals surface area contributed by atoms with Crippen molar-refractivity contribution in [3.8, 4) is 22.6 Å². The molecule has 3 rings (SSSR count). The Morgan fingerprint density at radius 3 is 1.93 bits per heavy atom. The van der Waals surface area contributed by atoms with Crippen LogP contribution in [0.1, 0.15) is 49.2 Å². The van der Waals surface area contributed by atoms with Crippen LogP contribution in [0.2, 0.25) is 0 Å². The number of carbonyl (C=O) groups excluding carboxylic acids is 1. The van der Waals surface area contributed by atoms with Crippen LogP contribution in [0.3, 0.4) is 0 Å². The SMILES string of the molecule is CCCOc1ccc(OC(=O)c2ccc(-c3ccc(C(C)OCC)cc3)cc2)cc1. The number of ether oxygens (including phenoxy) is 3. The minimum atomic E-state index is -0.385. The zero-order chi connectivity index (χ0) is 21.3. The Hall–Kier alpha value is -3.11. The molecule has 4 heteroatoms. The first-order chi connectivity index (χ1) is 14.6. The zero-order valence-corrected chi connectivity index (χ0v) is 17.8. The molecule has 0 spiro atoms. The van der Waals surface area contributed by atoms with Gasteiger partial charge >= 0.3 is 5.97 Å². The van der Waals surface area contributed by atoms with Gasteiger partial charge in [-0.15, -0.1) is 0 Å². The van der Waals surface area contributed by atoms with E-state index >= 15 is 0 Å². The quantitative estimate of drug-likeness (QED) is 0.303. The average Bonchev–Trinajstić information content (AvgIpc) is 2.79. The van der Waals surface area contributed by atoms with Gasteiger partial charge in [0.05, 0.1) is 18.3 Å². The third-order valence-electron chi connectivity index (χ3n) is 4.76. The van der Waals surface area contributed by atoms with Crippen LogP contribution in [0.5, 0.6) is 11.5 Å². The van der Waals surface area contributed by atoms with E-state index in [1.807, 2.05) is 26.0 Å². The molecule has 1 atom stereocenters. The molecule has 0 aliphatic heterocycles. The summed E-state index contributed by atoms with van der Waals surface area (Å²) in [5.74, 6) is 0.874. The first-order valence-electron chi connectivity index (χ1n) is 10.4. The van der Waals surface area contributed by atoms with Crippen LogP contribution in [0.25, 0.3) is 11.1 Å². The summed E-state index contributed by atoms with van der Waals surface area (Å²) in [6, 6.07) is 22.8. The van der Waals surface area contributed by atoms with Crippen LogP contribution in [0, 0.1) is 0 Å². The molecule has 0 saturated carbocycles. The van der Waals surface area contributed by atoms with Gasteiger partial charge in [0.15, 0.2) is 0 Å². The summed E-state index contributed by atoms with van der Waals surface area (Å²) in [5.41, 5.74) is 3.78. The maximum absolute atomic E-state index is 12.4. The molecular weight excluding hydrogens is 376 g/mol. The molecule has 0 aliphatic rings. The van der Waals surface area contributed by atoms with Gasteiger partial charge in [-0.25, -0.2) is 4.79 Å². The van der Waals surface area contributed by atoms with Crippen molar-refractivity contribution in [2.45, 2.75) is 33.3 Å². The van der Waals surface area contributed by atoms with E-state index in [1.54, 1.807) is 36.4 Å². The molecule has 0 radical (unpaired) electrons. The second-order valence-electron chi connectivity index (χ2n) is 7.01. The Bertz CT molecular complexity index is 928. The molecular formula is C26H28O4.